The van der Waals surface area contributed by atoms with Gasteiger partial charge in [0.25, 0.3) is 0 Å². The Hall–Kier alpha value is -2.70. The zero-order chi connectivity index (χ0) is 18.6. The Bertz CT molecular complexity index is 699. The number of methoxy groups -OCH3 is 2. The SMILES string of the molecule is CCCCNC=C1C(=O)c2cc(OC)c(OC)cc2N(C(=O)O)C1C. The Morgan fingerprint density at radius 1 is 1.32 bits per heavy atom. The zero-order valence-electron chi connectivity index (χ0n) is 15.0. The molecule has 1 amide bonds. The summed E-state index contributed by atoms with van der Waals surface area (Å²) in [6, 6.07) is 2.45. The van der Waals surface area contributed by atoms with Gasteiger partial charge in [-0.2, -0.15) is 0 Å². The van der Waals surface area contributed by atoms with E-state index in [-0.39, 0.29) is 11.3 Å². The highest BCUT2D eigenvalue weighted by Gasteiger charge is 2.38. The summed E-state index contributed by atoms with van der Waals surface area (Å²) in [7, 11) is 2.94. The van der Waals surface area contributed by atoms with E-state index in [0.29, 0.717) is 22.8 Å². The molecule has 7 nitrogen and oxygen atoms in total. The molecule has 1 unspecified atom stereocenters. The fraction of sp³-hybridized carbons (Fsp3) is 0.444. The van der Waals surface area contributed by atoms with Gasteiger partial charge in [0.05, 0.1) is 31.5 Å². The van der Waals surface area contributed by atoms with Gasteiger partial charge in [-0.15, -0.1) is 0 Å². The highest BCUT2D eigenvalue weighted by molar-refractivity contribution is 6.18. The van der Waals surface area contributed by atoms with Crippen LogP contribution in [-0.2, 0) is 0 Å². The van der Waals surface area contributed by atoms with Gasteiger partial charge in [-0.1, -0.05) is 13.3 Å². The van der Waals surface area contributed by atoms with E-state index in [9.17, 15) is 14.7 Å². The summed E-state index contributed by atoms with van der Waals surface area (Å²) in [6.07, 6.45) is 2.49. The fourth-order valence-electron chi connectivity index (χ4n) is 2.86. The second-order valence-electron chi connectivity index (χ2n) is 5.79. The van der Waals surface area contributed by atoms with Gasteiger partial charge < -0.3 is 19.9 Å². The molecule has 7 heteroatoms. The second-order valence-corrected chi connectivity index (χ2v) is 5.79. The first kappa shape index (κ1) is 18.6. The smallest absolute Gasteiger partial charge is 0.412 e. The molecule has 2 N–H and O–H groups in total. The first-order valence-corrected chi connectivity index (χ1v) is 8.22. The number of Topliss-reactive ketones (excluding diaryl/α,β-unsaturated/α-hetero) is 1. The summed E-state index contributed by atoms with van der Waals surface area (Å²) < 4.78 is 10.5. The number of nitrogens with one attached hydrogen (secondary N) is 1. The Morgan fingerprint density at radius 3 is 2.52 bits per heavy atom. The van der Waals surface area contributed by atoms with Crippen molar-refractivity contribution in [2.24, 2.45) is 0 Å². The molecule has 1 atom stereocenters. The van der Waals surface area contributed by atoms with Crippen LogP contribution in [0.4, 0.5) is 10.5 Å². The first-order valence-electron chi connectivity index (χ1n) is 8.22. The van der Waals surface area contributed by atoms with E-state index in [4.69, 9.17) is 9.47 Å². The largest absolute Gasteiger partial charge is 0.493 e. The number of unbranched alkanes of at least 4 members (excludes halogenated alkanes) is 1. The standard InChI is InChI=1S/C18H24N2O5/c1-5-6-7-19-10-13-11(2)20(18(22)23)14-9-16(25-4)15(24-3)8-12(14)17(13)21/h8-11,19H,5-7H2,1-4H3,(H,22,23). The number of ketones is 1. The van der Waals surface area contributed by atoms with Crippen LogP contribution in [0.1, 0.15) is 37.0 Å². The van der Waals surface area contributed by atoms with Crippen LogP contribution in [0, 0.1) is 0 Å². The molecule has 1 aliphatic rings. The average Bonchev–Trinajstić information content (AvgIpc) is 2.59. The average molecular weight is 348 g/mol. The molecule has 1 heterocycles. The Balaban J connectivity index is 2.53. The summed E-state index contributed by atoms with van der Waals surface area (Å²) in [5.74, 6) is 0.540. The first-order chi connectivity index (χ1) is 12.0. The Labute approximate surface area is 147 Å². The molecule has 0 fully saturated rings. The molecule has 0 radical (unpaired) electrons. The lowest BCUT2D eigenvalue weighted by atomic mass is 9.90. The van der Waals surface area contributed by atoms with Gasteiger partial charge in [0.15, 0.2) is 17.3 Å². The number of ether oxygens (including phenoxy) is 2. The minimum atomic E-state index is -1.13. The molecule has 0 spiro atoms. The van der Waals surface area contributed by atoms with E-state index >= 15 is 0 Å². The van der Waals surface area contributed by atoms with Crippen LogP contribution >= 0.6 is 0 Å². The number of benzene rings is 1. The van der Waals surface area contributed by atoms with Gasteiger partial charge in [0, 0.05) is 24.4 Å². The topological polar surface area (TPSA) is 88.1 Å². The molecule has 1 aromatic carbocycles. The Kier molecular flexibility index (Phi) is 5.90. The molecule has 2 rings (SSSR count). The highest BCUT2D eigenvalue weighted by atomic mass is 16.5. The summed E-state index contributed by atoms with van der Waals surface area (Å²) in [4.78, 5) is 25.9. The monoisotopic (exact) mass is 348 g/mol. The highest BCUT2D eigenvalue weighted by Crippen LogP contribution is 2.40. The van der Waals surface area contributed by atoms with Gasteiger partial charge in [0.1, 0.15) is 0 Å². The van der Waals surface area contributed by atoms with Gasteiger partial charge >= 0.3 is 6.09 Å². The minimum Gasteiger partial charge on any atom is -0.493 e. The van der Waals surface area contributed by atoms with Crippen molar-refractivity contribution in [3.05, 3.63) is 29.5 Å². The van der Waals surface area contributed by atoms with Crippen molar-refractivity contribution in [3.63, 3.8) is 0 Å². The maximum absolute atomic E-state index is 12.9. The third kappa shape index (κ3) is 3.55. The summed E-state index contributed by atoms with van der Waals surface area (Å²) in [6.45, 7) is 4.50. The molecule has 25 heavy (non-hydrogen) atoms. The molecule has 0 saturated heterocycles. The fourth-order valence-corrected chi connectivity index (χ4v) is 2.86. The van der Waals surface area contributed by atoms with E-state index in [1.54, 1.807) is 13.1 Å². The zero-order valence-corrected chi connectivity index (χ0v) is 15.0. The molecular weight excluding hydrogens is 324 g/mol. The summed E-state index contributed by atoms with van der Waals surface area (Å²) in [5, 5.41) is 12.8. The van der Waals surface area contributed by atoms with E-state index in [0.717, 1.165) is 19.4 Å². The summed E-state index contributed by atoms with van der Waals surface area (Å²) in [5.41, 5.74) is 0.980. The number of hydrogen-bond acceptors (Lipinski definition) is 5. The summed E-state index contributed by atoms with van der Waals surface area (Å²) >= 11 is 0. The van der Waals surface area contributed by atoms with Crippen LogP contribution in [0.3, 0.4) is 0 Å². The third-order valence-corrected chi connectivity index (χ3v) is 4.24. The van der Waals surface area contributed by atoms with Crippen molar-refractivity contribution >= 4 is 17.6 Å². The van der Waals surface area contributed by atoms with Crippen LogP contribution in [0.2, 0.25) is 0 Å². The predicted molar refractivity (Wildman–Crippen MR) is 94.8 cm³/mol. The molecule has 1 aromatic rings. The molecule has 136 valence electrons. The van der Waals surface area contributed by atoms with Crippen molar-refractivity contribution in [2.45, 2.75) is 32.7 Å². The van der Waals surface area contributed by atoms with E-state index in [1.807, 2.05) is 0 Å². The van der Waals surface area contributed by atoms with Crippen LogP contribution in [-0.4, -0.2) is 43.8 Å². The lowest BCUT2D eigenvalue weighted by Gasteiger charge is -2.34. The van der Waals surface area contributed by atoms with Gasteiger partial charge in [0.2, 0.25) is 0 Å². The number of anilines is 1. The Morgan fingerprint density at radius 2 is 1.96 bits per heavy atom. The molecule has 0 bridgehead atoms. The van der Waals surface area contributed by atoms with Gasteiger partial charge in [-0.25, -0.2) is 4.79 Å². The predicted octanol–water partition coefficient (Wildman–Crippen LogP) is 3.05. The number of nitrogens with zero attached hydrogens (tertiary/aromatic N) is 1. The molecule has 0 saturated carbocycles. The molecular formula is C18H24N2O5. The third-order valence-electron chi connectivity index (χ3n) is 4.24. The number of amides is 1. The maximum Gasteiger partial charge on any atom is 0.412 e. The lowest BCUT2D eigenvalue weighted by molar-refractivity contribution is 0.102. The van der Waals surface area contributed by atoms with Crippen LogP contribution in [0.15, 0.2) is 23.9 Å². The molecule has 0 aliphatic carbocycles. The molecule has 1 aliphatic heterocycles. The van der Waals surface area contributed by atoms with E-state index in [1.165, 1.54) is 31.3 Å². The normalized spacial score (nSPS) is 18.1. The van der Waals surface area contributed by atoms with E-state index < -0.39 is 12.1 Å². The number of carbonyl (C=O) groups excluding carboxylic acids is 1. The van der Waals surface area contributed by atoms with Crippen LogP contribution in [0.5, 0.6) is 11.5 Å². The second kappa shape index (κ2) is 7.92. The quantitative estimate of drug-likeness (QED) is 0.607. The van der Waals surface area contributed by atoms with Crippen molar-refractivity contribution in [1.82, 2.24) is 5.32 Å². The maximum atomic E-state index is 12.9. The number of rotatable bonds is 6. The van der Waals surface area contributed by atoms with Crippen molar-refractivity contribution in [2.75, 3.05) is 25.7 Å². The van der Waals surface area contributed by atoms with Gasteiger partial charge in [-0.3, -0.25) is 9.69 Å². The van der Waals surface area contributed by atoms with E-state index in [2.05, 4.69) is 12.2 Å². The number of carbonyl (C=O) groups is 2. The van der Waals surface area contributed by atoms with Crippen LogP contribution < -0.4 is 19.7 Å². The van der Waals surface area contributed by atoms with Crippen molar-refractivity contribution < 1.29 is 24.2 Å². The van der Waals surface area contributed by atoms with Crippen molar-refractivity contribution in [1.29, 1.82) is 0 Å². The lowest BCUT2D eigenvalue weighted by Crippen LogP contribution is -2.45. The van der Waals surface area contributed by atoms with Gasteiger partial charge in [-0.05, 0) is 19.4 Å². The number of carboxylic acid groups (broad SMARTS) is 1. The molecule has 0 aromatic heterocycles. The number of hydrogen-bond donors (Lipinski definition) is 2. The van der Waals surface area contributed by atoms with Crippen LogP contribution in [0.25, 0.3) is 0 Å². The number of fused-ring (bicyclic) bond motifs is 1. The van der Waals surface area contributed by atoms with Crippen molar-refractivity contribution in [3.8, 4) is 11.5 Å². The minimum absolute atomic E-state index is 0.218.